The van der Waals surface area contributed by atoms with Crippen LogP contribution in [0.3, 0.4) is 0 Å². The van der Waals surface area contributed by atoms with Crippen molar-refractivity contribution in [1.29, 1.82) is 0 Å². The third-order valence-electron chi connectivity index (χ3n) is 2.71. The fourth-order valence-corrected chi connectivity index (χ4v) is 2.00. The van der Waals surface area contributed by atoms with Crippen molar-refractivity contribution in [1.82, 2.24) is 9.88 Å². The van der Waals surface area contributed by atoms with Gasteiger partial charge in [-0.2, -0.15) is 0 Å². The molecule has 2 heterocycles. The van der Waals surface area contributed by atoms with Crippen molar-refractivity contribution in [3.8, 4) is 0 Å². The van der Waals surface area contributed by atoms with Crippen molar-refractivity contribution >= 4 is 0 Å². The Labute approximate surface area is 79.9 Å². The molecule has 1 aromatic rings. The standard InChI is InChI=1S/C11H18N2/c1-11(2,3)9-4-6-13-7-5-12-8-10(9)13/h4,6,12H,5,7-8H2,1-3H3. The lowest BCUT2D eigenvalue weighted by atomic mass is 9.87. The summed E-state index contributed by atoms with van der Waals surface area (Å²) in [4.78, 5) is 0. The first kappa shape index (κ1) is 8.82. The van der Waals surface area contributed by atoms with Crippen LogP contribution in [-0.2, 0) is 18.5 Å². The lowest BCUT2D eigenvalue weighted by Crippen LogP contribution is -2.29. The van der Waals surface area contributed by atoms with Crippen LogP contribution in [0.2, 0.25) is 0 Å². The van der Waals surface area contributed by atoms with E-state index in [1.54, 1.807) is 0 Å². The summed E-state index contributed by atoms with van der Waals surface area (Å²) in [5, 5.41) is 3.42. The van der Waals surface area contributed by atoms with Gasteiger partial charge in [0.2, 0.25) is 0 Å². The third kappa shape index (κ3) is 1.51. The van der Waals surface area contributed by atoms with Gasteiger partial charge in [0.25, 0.3) is 0 Å². The number of fused-ring (bicyclic) bond motifs is 1. The fraction of sp³-hybridized carbons (Fsp3) is 0.636. The molecule has 0 amide bonds. The molecule has 0 aliphatic carbocycles. The maximum Gasteiger partial charge on any atom is 0.0363 e. The number of rotatable bonds is 0. The minimum atomic E-state index is 0.277. The first-order chi connectivity index (χ1) is 6.09. The SMILES string of the molecule is CC(C)(C)c1ccn2c1CNCC2. The zero-order valence-corrected chi connectivity index (χ0v) is 8.72. The second-order valence-corrected chi connectivity index (χ2v) is 4.80. The van der Waals surface area contributed by atoms with Crippen molar-refractivity contribution in [2.45, 2.75) is 39.3 Å². The summed E-state index contributed by atoms with van der Waals surface area (Å²) in [6.45, 7) is 10.1. The van der Waals surface area contributed by atoms with Gasteiger partial charge >= 0.3 is 0 Å². The summed E-state index contributed by atoms with van der Waals surface area (Å²) in [5.74, 6) is 0. The quantitative estimate of drug-likeness (QED) is 0.642. The lowest BCUT2D eigenvalue weighted by molar-refractivity contribution is 0.495. The van der Waals surface area contributed by atoms with E-state index in [-0.39, 0.29) is 5.41 Å². The minimum Gasteiger partial charge on any atom is -0.349 e. The summed E-state index contributed by atoms with van der Waals surface area (Å²) >= 11 is 0. The Bertz CT molecular complexity index is 304. The van der Waals surface area contributed by atoms with Crippen LogP contribution in [0, 0.1) is 0 Å². The summed E-state index contributed by atoms with van der Waals surface area (Å²) in [5.41, 5.74) is 3.23. The largest absolute Gasteiger partial charge is 0.349 e. The second-order valence-electron chi connectivity index (χ2n) is 4.80. The van der Waals surface area contributed by atoms with Gasteiger partial charge in [0, 0.05) is 31.5 Å². The molecular formula is C11H18N2. The number of hydrogen-bond donors (Lipinski definition) is 1. The monoisotopic (exact) mass is 178 g/mol. The molecule has 72 valence electrons. The molecule has 2 rings (SSSR count). The average Bonchev–Trinajstić information content (AvgIpc) is 2.45. The molecule has 0 spiro atoms. The maximum absolute atomic E-state index is 3.42. The highest BCUT2D eigenvalue weighted by Gasteiger charge is 2.21. The van der Waals surface area contributed by atoms with E-state index in [1.807, 2.05) is 0 Å². The van der Waals surface area contributed by atoms with Gasteiger partial charge in [-0.3, -0.25) is 0 Å². The van der Waals surface area contributed by atoms with E-state index >= 15 is 0 Å². The van der Waals surface area contributed by atoms with Gasteiger partial charge < -0.3 is 9.88 Å². The van der Waals surface area contributed by atoms with Gasteiger partial charge in [-0.05, 0) is 17.0 Å². The molecule has 0 atom stereocenters. The highest BCUT2D eigenvalue weighted by Crippen LogP contribution is 2.27. The summed E-state index contributed by atoms with van der Waals surface area (Å²) in [6.07, 6.45) is 2.22. The maximum atomic E-state index is 3.42. The Morgan fingerprint density at radius 1 is 1.38 bits per heavy atom. The van der Waals surface area contributed by atoms with Crippen LogP contribution < -0.4 is 5.32 Å². The van der Waals surface area contributed by atoms with Crippen molar-refractivity contribution in [2.24, 2.45) is 0 Å². The van der Waals surface area contributed by atoms with Crippen molar-refractivity contribution < 1.29 is 0 Å². The molecule has 0 bridgehead atoms. The Morgan fingerprint density at radius 2 is 2.15 bits per heavy atom. The molecule has 0 saturated carbocycles. The molecule has 0 fully saturated rings. The van der Waals surface area contributed by atoms with E-state index in [0.717, 1.165) is 19.6 Å². The predicted molar refractivity (Wildman–Crippen MR) is 54.8 cm³/mol. The molecule has 0 radical (unpaired) electrons. The lowest BCUT2D eigenvalue weighted by Gasteiger charge is -2.24. The van der Waals surface area contributed by atoms with Gasteiger partial charge in [0.05, 0.1) is 0 Å². The molecule has 2 nitrogen and oxygen atoms in total. The minimum absolute atomic E-state index is 0.277. The molecule has 1 N–H and O–H groups in total. The third-order valence-corrected chi connectivity index (χ3v) is 2.71. The van der Waals surface area contributed by atoms with Crippen molar-refractivity contribution in [3.05, 3.63) is 23.5 Å². The van der Waals surface area contributed by atoms with Crippen LogP contribution in [0.4, 0.5) is 0 Å². The first-order valence-corrected chi connectivity index (χ1v) is 4.98. The predicted octanol–water partition coefficient (Wildman–Crippen LogP) is 1.89. The van der Waals surface area contributed by atoms with Gasteiger partial charge in [0.1, 0.15) is 0 Å². The number of hydrogen-bond acceptors (Lipinski definition) is 1. The van der Waals surface area contributed by atoms with Crippen molar-refractivity contribution in [3.63, 3.8) is 0 Å². The molecule has 13 heavy (non-hydrogen) atoms. The highest BCUT2D eigenvalue weighted by molar-refractivity contribution is 5.30. The summed E-state index contributed by atoms with van der Waals surface area (Å²) in [7, 11) is 0. The van der Waals surface area contributed by atoms with Gasteiger partial charge in [-0.15, -0.1) is 0 Å². The Hall–Kier alpha value is -0.760. The van der Waals surface area contributed by atoms with Gasteiger partial charge in [-0.25, -0.2) is 0 Å². The zero-order chi connectivity index (χ0) is 9.47. The molecule has 0 unspecified atom stereocenters. The van der Waals surface area contributed by atoms with Crippen LogP contribution in [0.15, 0.2) is 12.3 Å². The molecule has 0 aromatic carbocycles. The molecule has 2 heteroatoms. The normalized spacial score (nSPS) is 17.2. The number of nitrogens with one attached hydrogen (secondary N) is 1. The van der Waals surface area contributed by atoms with E-state index in [4.69, 9.17) is 0 Å². The Morgan fingerprint density at radius 3 is 2.85 bits per heavy atom. The van der Waals surface area contributed by atoms with E-state index in [1.165, 1.54) is 11.3 Å². The zero-order valence-electron chi connectivity index (χ0n) is 8.72. The molecule has 1 aromatic heterocycles. The van der Waals surface area contributed by atoms with Crippen LogP contribution in [-0.4, -0.2) is 11.1 Å². The van der Waals surface area contributed by atoms with E-state index < -0.39 is 0 Å². The van der Waals surface area contributed by atoms with Crippen LogP contribution in [0.1, 0.15) is 32.0 Å². The van der Waals surface area contributed by atoms with Crippen molar-refractivity contribution in [2.75, 3.05) is 6.54 Å². The number of nitrogens with zero attached hydrogens (tertiary/aromatic N) is 1. The molecule has 1 aliphatic rings. The average molecular weight is 178 g/mol. The molecule has 1 aliphatic heterocycles. The Kier molecular flexibility index (Phi) is 1.95. The topological polar surface area (TPSA) is 17.0 Å². The van der Waals surface area contributed by atoms with Crippen LogP contribution in [0.5, 0.6) is 0 Å². The molecule has 0 saturated heterocycles. The van der Waals surface area contributed by atoms with Crippen LogP contribution in [0.25, 0.3) is 0 Å². The van der Waals surface area contributed by atoms with E-state index in [0.29, 0.717) is 0 Å². The van der Waals surface area contributed by atoms with Gasteiger partial charge in [0.15, 0.2) is 0 Å². The second kappa shape index (κ2) is 2.88. The summed E-state index contributed by atoms with van der Waals surface area (Å²) in [6, 6.07) is 2.27. The fourth-order valence-electron chi connectivity index (χ4n) is 2.00. The van der Waals surface area contributed by atoms with E-state index in [2.05, 4.69) is 42.9 Å². The molecular weight excluding hydrogens is 160 g/mol. The highest BCUT2D eigenvalue weighted by atomic mass is 15.1. The smallest absolute Gasteiger partial charge is 0.0363 e. The number of aromatic nitrogens is 1. The van der Waals surface area contributed by atoms with Crippen LogP contribution >= 0.6 is 0 Å². The first-order valence-electron chi connectivity index (χ1n) is 4.98. The van der Waals surface area contributed by atoms with Gasteiger partial charge in [-0.1, -0.05) is 20.8 Å². The van der Waals surface area contributed by atoms with E-state index in [9.17, 15) is 0 Å². The summed E-state index contributed by atoms with van der Waals surface area (Å²) < 4.78 is 2.37. The Balaban J connectivity index is 2.43.